The van der Waals surface area contributed by atoms with Crippen LogP contribution in [0, 0.1) is 0 Å². The van der Waals surface area contributed by atoms with E-state index in [9.17, 15) is 9.90 Å². The van der Waals surface area contributed by atoms with Gasteiger partial charge < -0.3 is 14.7 Å². The number of amides is 1. The second-order valence-electron chi connectivity index (χ2n) is 8.05. The van der Waals surface area contributed by atoms with E-state index in [4.69, 9.17) is 4.74 Å². The van der Waals surface area contributed by atoms with Gasteiger partial charge in [-0.15, -0.1) is 0 Å². The average molecular weight is 420 g/mol. The van der Waals surface area contributed by atoms with E-state index in [1.165, 1.54) is 0 Å². The molecule has 1 unspecified atom stereocenters. The van der Waals surface area contributed by atoms with E-state index in [0.717, 1.165) is 53.7 Å². The molecule has 1 aromatic heterocycles. The molecule has 2 aromatic carbocycles. The van der Waals surface area contributed by atoms with Crippen LogP contribution in [-0.4, -0.2) is 71.2 Å². The van der Waals surface area contributed by atoms with Crippen molar-refractivity contribution in [2.24, 2.45) is 0 Å². The molecule has 1 aliphatic heterocycles. The number of pyridine rings is 1. The number of aromatic nitrogens is 1. The van der Waals surface area contributed by atoms with Gasteiger partial charge in [-0.3, -0.25) is 14.7 Å². The Kier molecular flexibility index (Phi) is 6.79. The lowest BCUT2D eigenvalue weighted by Crippen LogP contribution is -2.38. The molecular formula is C25H29N3O3. The van der Waals surface area contributed by atoms with Crippen LogP contribution in [0.3, 0.4) is 0 Å². The first-order chi connectivity index (χ1) is 15.1. The lowest BCUT2D eigenvalue weighted by atomic mass is 9.98. The van der Waals surface area contributed by atoms with Crippen molar-refractivity contribution >= 4 is 16.7 Å². The molecule has 31 heavy (non-hydrogen) atoms. The Morgan fingerprint density at radius 2 is 1.90 bits per heavy atom. The number of hydrogen-bond donors (Lipinski definition) is 1. The Bertz CT molecular complexity index is 1020. The zero-order chi connectivity index (χ0) is 21.6. The second kappa shape index (κ2) is 9.90. The molecule has 2 heterocycles. The van der Waals surface area contributed by atoms with Gasteiger partial charge in [-0.2, -0.15) is 0 Å². The first kappa shape index (κ1) is 21.3. The van der Waals surface area contributed by atoms with Gasteiger partial charge in [0.2, 0.25) is 5.91 Å². The van der Waals surface area contributed by atoms with Gasteiger partial charge in [-0.05, 0) is 59.1 Å². The summed E-state index contributed by atoms with van der Waals surface area (Å²) in [6, 6.07) is 16.3. The molecule has 0 saturated carbocycles. The van der Waals surface area contributed by atoms with Crippen LogP contribution in [0.15, 0.2) is 60.9 Å². The Labute approximate surface area is 183 Å². The summed E-state index contributed by atoms with van der Waals surface area (Å²) in [6.07, 6.45) is 3.90. The minimum atomic E-state index is -0.597. The first-order valence-electron chi connectivity index (χ1n) is 10.8. The van der Waals surface area contributed by atoms with Crippen molar-refractivity contribution in [3.8, 4) is 16.9 Å². The number of ether oxygens (including phenoxy) is 1. The van der Waals surface area contributed by atoms with Gasteiger partial charge in [0.05, 0.1) is 0 Å². The Hall–Kier alpha value is -2.96. The molecular weight excluding hydrogens is 390 g/mol. The predicted octanol–water partition coefficient (Wildman–Crippen LogP) is 3.20. The minimum absolute atomic E-state index is 0.118. The third-order valence-electron chi connectivity index (χ3n) is 5.77. The van der Waals surface area contributed by atoms with Crippen LogP contribution in [0.25, 0.3) is 21.9 Å². The number of fused-ring (bicyclic) bond motifs is 1. The Morgan fingerprint density at radius 3 is 2.71 bits per heavy atom. The Balaban J connectivity index is 1.42. The van der Waals surface area contributed by atoms with Crippen LogP contribution in [0.2, 0.25) is 0 Å². The normalized spacial score (nSPS) is 16.1. The zero-order valence-electron chi connectivity index (χ0n) is 17.9. The molecule has 1 N–H and O–H groups in total. The summed E-state index contributed by atoms with van der Waals surface area (Å²) in [5.74, 6) is 0.857. The Morgan fingerprint density at radius 1 is 1.10 bits per heavy atom. The fraction of sp³-hybridized carbons (Fsp3) is 0.360. The van der Waals surface area contributed by atoms with Crippen molar-refractivity contribution in [3.05, 3.63) is 60.9 Å². The molecule has 162 valence electrons. The van der Waals surface area contributed by atoms with Crippen LogP contribution in [0.4, 0.5) is 0 Å². The fourth-order valence-corrected chi connectivity index (χ4v) is 4.15. The average Bonchev–Trinajstić information content (AvgIpc) is 3.03. The summed E-state index contributed by atoms with van der Waals surface area (Å²) in [5.41, 5.74) is 2.17. The number of rotatable bonds is 6. The van der Waals surface area contributed by atoms with E-state index in [0.29, 0.717) is 13.1 Å². The monoisotopic (exact) mass is 419 g/mol. The molecule has 1 fully saturated rings. The maximum Gasteiger partial charge on any atom is 0.219 e. The number of aliphatic hydroxyl groups excluding tert-OH is 1. The third-order valence-corrected chi connectivity index (χ3v) is 5.77. The maximum absolute atomic E-state index is 11.6. The molecule has 0 spiro atoms. The summed E-state index contributed by atoms with van der Waals surface area (Å²) in [4.78, 5) is 19.8. The van der Waals surface area contributed by atoms with Crippen molar-refractivity contribution < 1.29 is 14.6 Å². The number of β-amino-alcohol motifs (C(OH)–C–C–N with tert-alkyl or cyclic N) is 1. The van der Waals surface area contributed by atoms with Gasteiger partial charge in [0.1, 0.15) is 18.5 Å². The molecule has 0 bridgehead atoms. The highest BCUT2D eigenvalue weighted by atomic mass is 16.5. The first-order valence-corrected chi connectivity index (χ1v) is 10.8. The molecule has 3 aromatic rings. The number of aliphatic hydroxyl groups is 1. The fourth-order valence-electron chi connectivity index (χ4n) is 4.15. The smallest absolute Gasteiger partial charge is 0.219 e. The standard InChI is InChI=1S/C25H29N3O3/c1-19(29)28-12-4-11-27(13-14-28)17-22(30)18-31-23-15-21-5-2-3-6-24(21)25(16-23)20-7-9-26-10-8-20/h2-3,5-10,15-16,22,30H,4,11-14,17-18H2,1H3. The SMILES string of the molecule is CC(=O)N1CCCN(CC(O)COc2cc(-c3ccncc3)c3ccccc3c2)CC1. The largest absolute Gasteiger partial charge is 0.491 e. The molecule has 0 radical (unpaired) electrons. The van der Waals surface area contributed by atoms with Crippen molar-refractivity contribution in [3.63, 3.8) is 0 Å². The lowest BCUT2D eigenvalue weighted by Gasteiger charge is -2.24. The molecule has 1 atom stereocenters. The molecule has 4 rings (SSSR count). The highest BCUT2D eigenvalue weighted by molar-refractivity contribution is 5.97. The van der Waals surface area contributed by atoms with Gasteiger partial charge in [-0.25, -0.2) is 0 Å². The van der Waals surface area contributed by atoms with E-state index in [-0.39, 0.29) is 12.5 Å². The topological polar surface area (TPSA) is 65.9 Å². The second-order valence-corrected chi connectivity index (χ2v) is 8.05. The van der Waals surface area contributed by atoms with Crippen LogP contribution in [0.1, 0.15) is 13.3 Å². The number of carbonyl (C=O) groups is 1. The van der Waals surface area contributed by atoms with Crippen molar-refractivity contribution in [1.82, 2.24) is 14.8 Å². The summed E-state index contributed by atoms with van der Waals surface area (Å²) in [7, 11) is 0. The zero-order valence-corrected chi connectivity index (χ0v) is 17.9. The molecule has 1 saturated heterocycles. The summed E-state index contributed by atoms with van der Waals surface area (Å²) in [5, 5.41) is 12.8. The number of hydrogen-bond acceptors (Lipinski definition) is 5. The van der Waals surface area contributed by atoms with Crippen LogP contribution >= 0.6 is 0 Å². The van der Waals surface area contributed by atoms with E-state index >= 15 is 0 Å². The molecule has 0 aliphatic carbocycles. The van der Waals surface area contributed by atoms with Gasteiger partial charge in [-0.1, -0.05) is 24.3 Å². The quantitative estimate of drug-likeness (QED) is 0.665. The molecule has 1 aliphatic rings. The summed E-state index contributed by atoms with van der Waals surface area (Å²) < 4.78 is 6.01. The van der Waals surface area contributed by atoms with Gasteiger partial charge in [0, 0.05) is 45.5 Å². The number of nitrogens with zero attached hydrogens (tertiary/aromatic N) is 3. The van der Waals surface area contributed by atoms with E-state index in [1.807, 2.05) is 41.3 Å². The van der Waals surface area contributed by atoms with Crippen molar-refractivity contribution in [2.75, 3.05) is 39.3 Å². The maximum atomic E-state index is 11.6. The van der Waals surface area contributed by atoms with E-state index in [2.05, 4.69) is 22.0 Å². The molecule has 6 nitrogen and oxygen atoms in total. The highest BCUT2D eigenvalue weighted by Crippen LogP contribution is 2.32. The van der Waals surface area contributed by atoms with Gasteiger partial charge in [0.25, 0.3) is 0 Å². The van der Waals surface area contributed by atoms with Gasteiger partial charge in [0.15, 0.2) is 0 Å². The van der Waals surface area contributed by atoms with Crippen LogP contribution < -0.4 is 4.74 Å². The molecule has 1 amide bonds. The lowest BCUT2D eigenvalue weighted by molar-refractivity contribution is -0.128. The van der Waals surface area contributed by atoms with Crippen molar-refractivity contribution in [2.45, 2.75) is 19.4 Å². The minimum Gasteiger partial charge on any atom is -0.491 e. The summed E-state index contributed by atoms with van der Waals surface area (Å²) in [6.45, 7) is 5.53. The van der Waals surface area contributed by atoms with Crippen molar-refractivity contribution in [1.29, 1.82) is 0 Å². The van der Waals surface area contributed by atoms with Crippen LogP contribution in [-0.2, 0) is 4.79 Å². The predicted molar refractivity (Wildman–Crippen MR) is 122 cm³/mol. The summed E-state index contributed by atoms with van der Waals surface area (Å²) >= 11 is 0. The van der Waals surface area contributed by atoms with E-state index in [1.54, 1.807) is 19.3 Å². The number of carbonyl (C=O) groups excluding carboxylic acids is 1. The van der Waals surface area contributed by atoms with E-state index < -0.39 is 6.10 Å². The van der Waals surface area contributed by atoms with Gasteiger partial charge >= 0.3 is 0 Å². The highest BCUT2D eigenvalue weighted by Gasteiger charge is 2.19. The number of benzene rings is 2. The van der Waals surface area contributed by atoms with Crippen LogP contribution in [0.5, 0.6) is 5.75 Å². The molecule has 6 heteroatoms. The third kappa shape index (κ3) is 5.40.